The summed E-state index contributed by atoms with van der Waals surface area (Å²) >= 11 is 0. The Labute approximate surface area is 217 Å². The van der Waals surface area contributed by atoms with Crippen molar-refractivity contribution in [2.75, 3.05) is 30.8 Å². The number of aryl methyl sites for hydroxylation is 1. The summed E-state index contributed by atoms with van der Waals surface area (Å²) < 4.78 is 42.8. The van der Waals surface area contributed by atoms with Gasteiger partial charge in [-0.05, 0) is 60.9 Å². The maximum atomic E-state index is 12.6. The first kappa shape index (κ1) is 27.5. The first-order valence-corrected chi connectivity index (χ1v) is 13.4. The van der Waals surface area contributed by atoms with E-state index in [0.29, 0.717) is 36.0 Å². The molecular formula is C27H31N3O6S. The van der Waals surface area contributed by atoms with Gasteiger partial charge in [-0.2, -0.15) is 5.10 Å². The summed E-state index contributed by atoms with van der Waals surface area (Å²) in [4.78, 5) is 12.6. The van der Waals surface area contributed by atoms with E-state index >= 15 is 0 Å². The van der Waals surface area contributed by atoms with Gasteiger partial charge in [-0.25, -0.2) is 13.8 Å². The lowest BCUT2D eigenvalue weighted by Crippen LogP contribution is -2.39. The highest BCUT2D eigenvalue weighted by molar-refractivity contribution is 7.92. The number of sulfonamides is 1. The first-order chi connectivity index (χ1) is 17.7. The molecule has 9 nitrogen and oxygen atoms in total. The van der Waals surface area contributed by atoms with Gasteiger partial charge in [0, 0.05) is 0 Å². The van der Waals surface area contributed by atoms with E-state index in [-0.39, 0.29) is 5.69 Å². The number of carbonyl (C=O) groups is 1. The van der Waals surface area contributed by atoms with Crippen molar-refractivity contribution in [1.29, 1.82) is 0 Å². The molecule has 0 unspecified atom stereocenters. The number of amides is 1. The van der Waals surface area contributed by atoms with Gasteiger partial charge in [-0.15, -0.1) is 0 Å². The third-order valence-electron chi connectivity index (χ3n) is 5.20. The topological polar surface area (TPSA) is 107 Å². The number of methoxy groups -OCH3 is 1. The number of nitrogens with one attached hydrogen (secondary N) is 1. The Morgan fingerprint density at radius 1 is 1.00 bits per heavy atom. The Balaban J connectivity index is 1.69. The molecule has 196 valence electrons. The molecule has 0 radical (unpaired) electrons. The van der Waals surface area contributed by atoms with Gasteiger partial charge in [0.1, 0.15) is 18.9 Å². The van der Waals surface area contributed by atoms with Crippen LogP contribution in [0.4, 0.5) is 5.69 Å². The minimum Gasteiger partial charge on any atom is -0.495 e. The zero-order valence-electron chi connectivity index (χ0n) is 21.3. The van der Waals surface area contributed by atoms with Crippen LogP contribution in [0.3, 0.4) is 0 Å². The molecule has 0 saturated heterocycles. The number of ether oxygens (including phenoxy) is 3. The number of hydrogen-bond acceptors (Lipinski definition) is 7. The Hall–Kier alpha value is -4.05. The molecule has 0 heterocycles. The van der Waals surface area contributed by atoms with Gasteiger partial charge in [-0.3, -0.25) is 9.10 Å². The number of hydrazone groups is 1. The lowest BCUT2D eigenvalue weighted by molar-refractivity contribution is -0.119. The predicted octanol–water partition coefficient (Wildman–Crippen LogP) is 3.90. The summed E-state index contributed by atoms with van der Waals surface area (Å²) in [5.41, 5.74) is 5.17. The Morgan fingerprint density at radius 3 is 2.41 bits per heavy atom. The van der Waals surface area contributed by atoms with E-state index in [0.717, 1.165) is 21.7 Å². The fourth-order valence-corrected chi connectivity index (χ4v) is 4.30. The van der Waals surface area contributed by atoms with Crippen LogP contribution in [0, 0.1) is 6.92 Å². The fourth-order valence-electron chi connectivity index (χ4n) is 3.45. The molecule has 0 aromatic heterocycles. The predicted molar refractivity (Wildman–Crippen MR) is 144 cm³/mol. The number of rotatable bonds is 12. The first-order valence-electron chi connectivity index (χ1n) is 11.6. The van der Waals surface area contributed by atoms with E-state index < -0.39 is 22.5 Å². The molecule has 1 amide bonds. The molecule has 0 aliphatic carbocycles. The van der Waals surface area contributed by atoms with Gasteiger partial charge >= 0.3 is 0 Å². The number of benzene rings is 3. The van der Waals surface area contributed by atoms with Gasteiger partial charge in [-0.1, -0.05) is 36.4 Å². The summed E-state index contributed by atoms with van der Waals surface area (Å²) in [6.45, 7) is 4.07. The van der Waals surface area contributed by atoms with Crippen molar-refractivity contribution in [3.05, 3.63) is 83.4 Å². The van der Waals surface area contributed by atoms with Crippen LogP contribution < -0.4 is 23.9 Å². The van der Waals surface area contributed by atoms with Crippen LogP contribution in [-0.4, -0.2) is 47.1 Å². The quantitative estimate of drug-likeness (QED) is 0.284. The summed E-state index contributed by atoms with van der Waals surface area (Å²) in [6.07, 6.45) is 2.47. The maximum Gasteiger partial charge on any atom is 0.260 e. The van der Waals surface area contributed by atoms with Crippen LogP contribution in [0.15, 0.2) is 71.8 Å². The normalized spacial score (nSPS) is 11.2. The van der Waals surface area contributed by atoms with Crippen molar-refractivity contribution >= 4 is 27.8 Å². The monoisotopic (exact) mass is 525 g/mol. The zero-order valence-corrected chi connectivity index (χ0v) is 22.1. The summed E-state index contributed by atoms with van der Waals surface area (Å²) in [6, 6.07) is 20.2. The van der Waals surface area contributed by atoms with Crippen LogP contribution in [-0.2, 0) is 21.4 Å². The van der Waals surface area contributed by atoms with E-state index in [1.54, 1.807) is 36.4 Å². The molecule has 3 aromatic rings. The van der Waals surface area contributed by atoms with Crippen molar-refractivity contribution in [3.8, 4) is 17.2 Å². The molecule has 0 fully saturated rings. The number of nitrogens with zero attached hydrogens (tertiary/aromatic N) is 2. The third-order valence-corrected chi connectivity index (χ3v) is 6.32. The molecule has 3 rings (SSSR count). The van der Waals surface area contributed by atoms with Crippen LogP contribution in [0.2, 0.25) is 0 Å². The molecule has 0 saturated carbocycles. The van der Waals surface area contributed by atoms with Crippen LogP contribution in [0.5, 0.6) is 17.2 Å². The Bertz CT molecular complexity index is 1340. The maximum absolute atomic E-state index is 12.6. The second-order valence-corrected chi connectivity index (χ2v) is 10.1. The van der Waals surface area contributed by atoms with Crippen molar-refractivity contribution in [3.63, 3.8) is 0 Å². The highest BCUT2D eigenvalue weighted by Crippen LogP contribution is 2.31. The number of anilines is 1. The third kappa shape index (κ3) is 7.97. The fraction of sp³-hybridized carbons (Fsp3) is 0.259. The summed E-state index contributed by atoms with van der Waals surface area (Å²) in [7, 11) is -2.33. The van der Waals surface area contributed by atoms with Crippen LogP contribution in [0.25, 0.3) is 0 Å². The molecule has 0 aliphatic rings. The molecule has 0 spiro atoms. The minimum absolute atomic E-state index is 0.275. The van der Waals surface area contributed by atoms with Gasteiger partial charge in [0.05, 0.1) is 31.9 Å². The second kappa shape index (κ2) is 12.8. The summed E-state index contributed by atoms with van der Waals surface area (Å²) in [5, 5.41) is 3.98. The van der Waals surface area contributed by atoms with E-state index in [9.17, 15) is 13.2 Å². The Morgan fingerprint density at radius 2 is 1.73 bits per heavy atom. The van der Waals surface area contributed by atoms with Crippen LogP contribution >= 0.6 is 0 Å². The standard InChI is InChI=1S/C27H31N3O6S/c1-5-35-26-16-22(12-14-25(26)36-19-21-9-7-6-8-10-21)17-28-29-27(31)18-30(37(4,32)33)23-15-20(2)11-13-24(23)34-3/h6-17H,5,18-19H2,1-4H3,(H,29,31)/b28-17-. The van der Waals surface area contributed by atoms with E-state index in [1.807, 2.05) is 44.2 Å². The minimum atomic E-state index is -3.77. The highest BCUT2D eigenvalue weighted by atomic mass is 32.2. The van der Waals surface area contributed by atoms with E-state index in [2.05, 4.69) is 10.5 Å². The van der Waals surface area contributed by atoms with Gasteiger partial charge < -0.3 is 14.2 Å². The zero-order chi connectivity index (χ0) is 26.8. The molecular weight excluding hydrogens is 494 g/mol. The molecule has 0 atom stereocenters. The number of hydrogen-bond donors (Lipinski definition) is 1. The van der Waals surface area contributed by atoms with Gasteiger partial charge in [0.2, 0.25) is 10.0 Å². The van der Waals surface area contributed by atoms with Crippen molar-refractivity contribution in [1.82, 2.24) is 5.43 Å². The average molecular weight is 526 g/mol. The van der Waals surface area contributed by atoms with Gasteiger partial charge in [0.25, 0.3) is 5.91 Å². The lowest BCUT2D eigenvalue weighted by Gasteiger charge is -2.23. The SMILES string of the molecule is CCOc1cc(/C=N\NC(=O)CN(c2cc(C)ccc2OC)S(C)(=O)=O)ccc1OCc1ccccc1. The molecule has 1 N–H and O–H groups in total. The van der Waals surface area contributed by atoms with E-state index in [4.69, 9.17) is 14.2 Å². The van der Waals surface area contributed by atoms with Crippen molar-refractivity contribution < 1.29 is 27.4 Å². The molecule has 0 bridgehead atoms. The molecule has 0 aliphatic heterocycles. The molecule has 3 aromatic carbocycles. The molecule has 37 heavy (non-hydrogen) atoms. The lowest BCUT2D eigenvalue weighted by atomic mass is 10.2. The van der Waals surface area contributed by atoms with Gasteiger partial charge in [0.15, 0.2) is 11.5 Å². The average Bonchev–Trinajstić information content (AvgIpc) is 2.87. The van der Waals surface area contributed by atoms with Crippen molar-refractivity contribution in [2.24, 2.45) is 5.10 Å². The van der Waals surface area contributed by atoms with Crippen molar-refractivity contribution in [2.45, 2.75) is 20.5 Å². The van der Waals surface area contributed by atoms with Crippen LogP contribution in [0.1, 0.15) is 23.6 Å². The summed E-state index contributed by atoms with van der Waals surface area (Å²) in [5.74, 6) is 0.856. The highest BCUT2D eigenvalue weighted by Gasteiger charge is 2.24. The van der Waals surface area contributed by atoms with E-state index in [1.165, 1.54) is 13.3 Å². The Kier molecular flexibility index (Phi) is 9.51. The number of carbonyl (C=O) groups excluding carboxylic acids is 1. The molecule has 10 heteroatoms. The second-order valence-electron chi connectivity index (χ2n) is 8.15. The smallest absolute Gasteiger partial charge is 0.260 e. The largest absolute Gasteiger partial charge is 0.495 e.